The molecule has 106 valence electrons. The summed E-state index contributed by atoms with van der Waals surface area (Å²) in [6.45, 7) is 7.81. The lowest BCUT2D eigenvalue weighted by atomic mass is 9.73. The molecular weight excluding hydrogens is 234 g/mol. The molecule has 2 heteroatoms. The maximum Gasteiger partial charge on any atom is 0.123 e. The molecule has 0 aliphatic heterocycles. The van der Waals surface area contributed by atoms with Crippen molar-refractivity contribution in [2.24, 2.45) is 5.41 Å². The number of nitrogens with one attached hydrogen (secondary N) is 1. The van der Waals surface area contributed by atoms with Crippen LogP contribution in [-0.2, 0) is 6.54 Å². The molecule has 1 fully saturated rings. The highest BCUT2D eigenvalue weighted by molar-refractivity contribution is 5.36. The quantitative estimate of drug-likeness (QED) is 0.882. The van der Waals surface area contributed by atoms with Crippen LogP contribution >= 0.6 is 0 Å². The Bertz CT molecular complexity index is 425. The second kappa shape index (κ2) is 5.96. The Morgan fingerprint density at radius 3 is 2.79 bits per heavy atom. The van der Waals surface area contributed by atoms with Gasteiger partial charge in [-0.3, -0.25) is 0 Å². The van der Waals surface area contributed by atoms with Crippen molar-refractivity contribution in [3.8, 4) is 5.75 Å². The topological polar surface area (TPSA) is 21.3 Å². The first-order valence-electron chi connectivity index (χ1n) is 7.40. The number of rotatable bonds is 4. The lowest BCUT2D eigenvalue weighted by molar-refractivity contribution is 0.166. The van der Waals surface area contributed by atoms with Crippen molar-refractivity contribution in [3.05, 3.63) is 29.3 Å². The van der Waals surface area contributed by atoms with E-state index >= 15 is 0 Å². The molecule has 1 atom stereocenters. The molecule has 0 saturated heterocycles. The third kappa shape index (κ3) is 3.50. The van der Waals surface area contributed by atoms with Crippen LogP contribution in [-0.4, -0.2) is 13.2 Å². The van der Waals surface area contributed by atoms with Gasteiger partial charge >= 0.3 is 0 Å². The van der Waals surface area contributed by atoms with Gasteiger partial charge in [-0.05, 0) is 31.2 Å². The molecule has 0 spiro atoms. The molecule has 1 aliphatic rings. The van der Waals surface area contributed by atoms with Gasteiger partial charge in [0.2, 0.25) is 0 Å². The van der Waals surface area contributed by atoms with Crippen molar-refractivity contribution in [3.63, 3.8) is 0 Å². The summed E-state index contributed by atoms with van der Waals surface area (Å²) in [6.07, 6.45) is 5.35. The standard InChI is InChI=1S/C17H27NO/c1-13-8-9-15(19-4)14(11-13)12-18-16-7-5-6-10-17(16,2)3/h8-9,11,16,18H,5-7,10,12H2,1-4H3. The summed E-state index contributed by atoms with van der Waals surface area (Å²) in [6, 6.07) is 7.01. The second-order valence-corrected chi connectivity index (χ2v) is 6.48. The van der Waals surface area contributed by atoms with E-state index in [0.717, 1.165) is 12.3 Å². The van der Waals surface area contributed by atoms with E-state index in [0.29, 0.717) is 11.5 Å². The molecule has 0 amide bonds. The number of methoxy groups -OCH3 is 1. The Morgan fingerprint density at radius 1 is 1.32 bits per heavy atom. The molecule has 0 aromatic heterocycles. The molecular formula is C17H27NO. The van der Waals surface area contributed by atoms with Gasteiger partial charge in [0.05, 0.1) is 7.11 Å². The first-order chi connectivity index (χ1) is 9.03. The minimum Gasteiger partial charge on any atom is -0.496 e. The van der Waals surface area contributed by atoms with E-state index < -0.39 is 0 Å². The van der Waals surface area contributed by atoms with Crippen molar-refractivity contribution >= 4 is 0 Å². The largest absolute Gasteiger partial charge is 0.496 e. The molecule has 1 saturated carbocycles. The van der Waals surface area contributed by atoms with E-state index in [9.17, 15) is 0 Å². The fraction of sp³-hybridized carbons (Fsp3) is 0.647. The Balaban J connectivity index is 2.03. The highest BCUT2D eigenvalue weighted by Crippen LogP contribution is 2.35. The Hall–Kier alpha value is -1.02. The SMILES string of the molecule is COc1ccc(C)cc1CNC1CCCCC1(C)C. The van der Waals surface area contributed by atoms with E-state index in [4.69, 9.17) is 4.74 Å². The summed E-state index contributed by atoms with van der Waals surface area (Å²) < 4.78 is 5.45. The van der Waals surface area contributed by atoms with Crippen molar-refractivity contribution in [1.29, 1.82) is 0 Å². The van der Waals surface area contributed by atoms with Crippen LogP contribution in [0.5, 0.6) is 5.75 Å². The highest BCUT2D eigenvalue weighted by Gasteiger charge is 2.31. The smallest absolute Gasteiger partial charge is 0.123 e. The molecule has 2 rings (SSSR count). The molecule has 19 heavy (non-hydrogen) atoms. The van der Waals surface area contributed by atoms with Crippen molar-refractivity contribution in [2.45, 2.75) is 59.0 Å². The number of hydrogen-bond acceptors (Lipinski definition) is 2. The minimum atomic E-state index is 0.412. The van der Waals surface area contributed by atoms with Crippen LogP contribution in [0.2, 0.25) is 0 Å². The van der Waals surface area contributed by atoms with E-state index in [-0.39, 0.29) is 0 Å². The lowest BCUT2D eigenvalue weighted by Crippen LogP contribution is -2.43. The van der Waals surface area contributed by atoms with Gasteiger partial charge in [0, 0.05) is 18.2 Å². The summed E-state index contributed by atoms with van der Waals surface area (Å²) in [5.41, 5.74) is 2.97. The van der Waals surface area contributed by atoms with Crippen molar-refractivity contribution in [1.82, 2.24) is 5.32 Å². The third-order valence-electron chi connectivity index (χ3n) is 4.48. The first kappa shape index (κ1) is 14.4. The zero-order valence-electron chi connectivity index (χ0n) is 12.8. The van der Waals surface area contributed by atoms with E-state index in [1.54, 1.807) is 7.11 Å². The van der Waals surface area contributed by atoms with Crippen LogP contribution in [0.3, 0.4) is 0 Å². The number of benzene rings is 1. The van der Waals surface area contributed by atoms with Crippen LogP contribution in [0.4, 0.5) is 0 Å². The fourth-order valence-corrected chi connectivity index (χ4v) is 3.15. The third-order valence-corrected chi connectivity index (χ3v) is 4.48. The minimum absolute atomic E-state index is 0.412. The van der Waals surface area contributed by atoms with Crippen molar-refractivity contribution in [2.75, 3.05) is 7.11 Å². The molecule has 1 aromatic carbocycles. The van der Waals surface area contributed by atoms with Gasteiger partial charge in [-0.2, -0.15) is 0 Å². The highest BCUT2D eigenvalue weighted by atomic mass is 16.5. The molecule has 0 heterocycles. The molecule has 1 aliphatic carbocycles. The fourth-order valence-electron chi connectivity index (χ4n) is 3.15. The average molecular weight is 261 g/mol. The summed E-state index contributed by atoms with van der Waals surface area (Å²) >= 11 is 0. The number of aryl methyl sites for hydroxylation is 1. The predicted molar refractivity (Wildman–Crippen MR) is 80.6 cm³/mol. The molecule has 0 bridgehead atoms. The molecule has 1 unspecified atom stereocenters. The van der Waals surface area contributed by atoms with Crippen molar-refractivity contribution < 1.29 is 4.74 Å². The molecule has 2 nitrogen and oxygen atoms in total. The number of hydrogen-bond donors (Lipinski definition) is 1. The van der Waals surface area contributed by atoms with Crippen LogP contribution in [0.15, 0.2) is 18.2 Å². The molecule has 1 N–H and O–H groups in total. The zero-order chi connectivity index (χ0) is 13.9. The van der Waals surface area contributed by atoms with Crippen LogP contribution in [0.25, 0.3) is 0 Å². The lowest BCUT2D eigenvalue weighted by Gasteiger charge is -2.39. The van der Waals surface area contributed by atoms with E-state index in [1.165, 1.54) is 36.8 Å². The monoisotopic (exact) mass is 261 g/mol. The van der Waals surface area contributed by atoms with E-state index in [2.05, 4.69) is 44.3 Å². The van der Waals surface area contributed by atoms with Crippen LogP contribution in [0, 0.1) is 12.3 Å². The van der Waals surface area contributed by atoms with Gasteiger partial charge in [0.1, 0.15) is 5.75 Å². The van der Waals surface area contributed by atoms with Gasteiger partial charge < -0.3 is 10.1 Å². The molecule has 1 aromatic rings. The van der Waals surface area contributed by atoms with Crippen LogP contribution in [0.1, 0.15) is 50.7 Å². The maximum atomic E-state index is 5.45. The van der Waals surface area contributed by atoms with Gasteiger partial charge in [0.15, 0.2) is 0 Å². The average Bonchev–Trinajstić information content (AvgIpc) is 2.37. The zero-order valence-corrected chi connectivity index (χ0v) is 12.8. The second-order valence-electron chi connectivity index (χ2n) is 6.48. The first-order valence-corrected chi connectivity index (χ1v) is 7.40. The predicted octanol–water partition coefficient (Wildman–Crippen LogP) is 4.06. The Labute approximate surface area is 117 Å². The summed E-state index contributed by atoms with van der Waals surface area (Å²) in [5.74, 6) is 0.992. The normalized spacial score (nSPS) is 22.2. The van der Waals surface area contributed by atoms with Gasteiger partial charge in [-0.25, -0.2) is 0 Å². The summed E-state index contributed by atoms with van der Waals surface area (Å²) in [7, 11) is 1.75. The van der Waals surface area contributed by atoms with E-state index in [1.807, 2.05) is 0 Å². The summed E-state index contributed by atoms with van der Waals surface area (Å²) in [4.78, 5) is 0. The maximum absolute atomic E-state index is 5.45. The molecule has 0 radical (unpaired) electrons. The van der Waals surface area contributed by atoms with Gasteiger partial charge in [-0.15, -0.1) is 0 Å². The number of ether oxygens (including phenoxy) is 1. The summed E-state index contributed by atoms with van der Waals surface area (Å²) in [5, 5.41) is 3.75. The Kier molecular flexibility index (Phi) is 4.51. The van der Waals surface area contributed by atoms with Crippen LogP contribution < -0.4 is 10.1 Å². The van der Waals surface area contributed by atoms with Gasteiger partial charge in [-0.1, -0.05) is 44.4 Å². The van der Waals surface area contributed by atoms with Gasteiger partial charge in [0.25, 0.3) is 0 Å². The Morgan fingerprint density at radius 2 is 2.11 bits per heavy atom.